The highest BCUT2D eigenvalue weighted by molar-refractivity contribution is 7.89. The SMILES string of the molecule is NS(=O)(=O)c1cnn2c1OCC(CNC(=O)C(F)(F)F)C2. The fraction of sp³-hybridized carbons (Fsp3) is 0.556. The van der Waals surface area contributed by atoms with Crippen molar-refractivity contribution in [2.45, 2.75) is 17.6 Å². The number of nitrogens with zero attached hydrogens (tertiary/aromatic N) is 2. The molecule has 1 aromatic heterocycles. The van der Waals surface area contributed by atoms with Crippen LogP contribution in [0.15, 0.2) is 11.1 Å². The molecule has 1 unspecified atom stereocenters. The average molecular weight is 328 g/mol. The summed E-state index contributed by atoms with van der Waals surface area (Å²) in [6.07, 6.45) is -3.95. The van der Waals surface area contributed by atoms with E-state index in [1.54, 1.807) is 5.32 Å². The van der Waals surface area contributed by atoms with E-state index >= 15 is 0 Å². The molecule has 21 heavy (non-hydrogen) atoms. The van der Waals surface area contributed by atoms with Gasteiger partial charge in [-0.1, -0.05) is 0 Å². The van der Waals surface area contributed by atoms with Gasteiger partial charge in [-0.15, -0.1) is 0 Å². The second-order valence-electron chi connectivity index (χ2n) is 4.43. The number of carbonyl (C=O) groups is 1. The second kappa shape index (κ2) is 5.18. The Bertz CT molecular complexity index is 654. The van der Waals surface area contributed by atoms with Crippen molar-refractivity contribution in [3.05, 3.63) is 6.20 Å². The third-order valence-corrected chi connectivity index (χ3v) is 3.65. The fourth-order valence-corrected chi connectivity index (χ4v) is 2.38. The number of aromatic nitrogens is 2. The lowest BCUT2D eigenvalue weighted by Crippen LogP contribution is -2.42. The standard InChI is InChI=1S/C9H11F3N4O4S/c10-9(11,12)8(17)14-1-5-3-16-7(20-4-5)6(2-15-16)21(13,18)19/h2,5H,1,3-4H2,(H,14,17)(H2,13,18,19). The molecule has 3 N–H and O–H groups in total. The van der Waals surface area contributed by atoms with Gasteiger partial charge in [0.05, 0.1) is 19.3 Å². The molecule has 2 heterocycles. The lowest BCUT2D eigenvalue weighted by molar-refractivity contribution is -0.173. The number of alkyl halides is 3. The van der Waals surface area contributed by atoms with E-state index in [0.29, 0.717) is 0 Å². The van der Waals surface area contributed by atoms with Gasteiger partial charge in [0.25, 0.3) is 0 Å². The van der Waals surface area contributed by atoms with Gasteiger partial charge in [-0.05, 0) is 0 Å². The van der Waals surface area contributed by atoms with Gasteiger partial charge >= 0.3 is 12.1 Å². The summed E-state index contributed by atoms with van der Waals surface area (Å²) < 4.78 is 64.9. The van der Waals surface area contributed by atoms with E-state index in [-0.39, 0.29) is 30.5 Å². The number of carbonyl (C=O) groups excluding carboxylic acids is 1. The molecule has 118 valence electrons. The van der Waals surface area contributed by atoms with Crippen LogP contribution in [0, 0.1) is 5.92 Å². The zero-order valence-corrected chi connectivity index (χ0v) is 11.2. The summed E-state index contributed by atoms with van der Waals surface area (Å²) in [6.45, 7) is -0.238. The van der Waals surface area contributed by atoms with Gasteiger partial charge in [0.15, 0.2) is 4.90 Å². The summed E-state index contributed by atoms with van der Waals surface area (Å²) in [7, 11) is -3.99. The van der Waals surface area contributed by atoms with Crippen molar-refractivity contribution < 1.29 is 31.1 Å². The Labute approximate surface area is 117 Å². The highest BCUT2D eigenvalue weighted by Crippen LogP contribution is 2.27. The van der Waals surface area contributed by atoms with Crippen LogP contribution in [0.2, 0.25) is 0 Å². The molecule has 1 amide bonds. The Hall–Kier alpha value is -1.82. The van der Waals surface area contributed by atoms with Crippen molar-refractivity contribution in [3.8, 4) is 5.88 Å². The number of sulfonamides is 1. The molecule has 0 bridgehead atoms. The Balaban J connectivity index is 2.02. The number of nitrogens with one attached hydrogen (secondary N) is 1. The van der Waals surface area contributed by atoms with Gasteiger partial charge < -0.3 is 10.1 Å². The number of ether oxygens (including phenoxy) is 1. The van der Waals surface area contributed by atoms with Crippen LogP contribution in [0.3, 0.4) is 0 Å². The van der Waals surface area contributed by atoms with E-state index in [1.165, 1.54) is 4.68 Å². The van der Waals surface area contributed by atoms with Crippen LogP contribution in [0.25, 0.3) is 0 Å². The van der Waals surface area contributed by atoms with Crippen molar-refractivity contribution in [3.63, 3.8) is 0 Å². The molecule has 0 saturated carbocycles. The minimum Gasteiger partial charge on any atom is -0.476 e. The van der Waals surface area contributed by atoms with Crippen molar-refractivity contribution in [2.75, 3.05) is 13.2 Å². The van der Waals surface area contributed by atoms with Gasteiger partial charge in [0.2, 0.25) is 15.9 Å². The largest absolute Gasteiger partial charge is 0.476 e. The van der Waals surface area contributed by atoms with Crippen LogP contribution < -0.4 is 15.2 Å². The molecule has 1 atom stereocenters. The van der Waals surface area contributed by atoms with E-state index < -0.39 is 28.0 Å². The van der Waals surface area contributed by atoms with Gasteiger partial charge in [-0.3, -0.25) is 4.79 Å². The summed E-state index contributed by atoms with van der Waals surface area (Å²) in [6, 6.07) is 0. The van der Waals surface area contributed by atoms with Crippen LogP contribution in [0.5, 0.6) is 5.88 Å². The van der Waals surface area contributed by atoms with E-state index in [4.69, 9.17) is 9.88 Å². The molecule has 0 saturated heterocycles. The summed E-state index contributed by atoms with van der Waals surface area (Å²) in [5.74, 6) is -2.58. The normalized spacial score (nSPS) is 18.8. The first-order valence-electron chi connectivity index (χ1n) is 5.65. The van der Waals surface area contributed by atoms with E-state index in [9.17, 15) is 26.4 Å². The first-order chi connectivity index (χ1) is 9.59. The summed E-state index contributed by atoms with van der Waals surface area (Å²) in [5, 5.41) is 10.4. The maximum atomic E-state index is 12.0. The molecule has 0 aromatic carbocycles. The second-order valence-corrected chi connectivity index (χ2v) is 5.96. The molecule has 2 rings (SSSR count). The Morgan fingerprint density at radius 1 is 1.57 bits per heavy atom. The van der Waals surface area contributed by atoms with Crippen molar-refractivity contribution in [1.29, 1.82) is 0 Å². The molecule has 8 nitrogen and oxygen atoms in total. The van der Waals surface area contributed by atoms with Crippen molar-refractivity contribution in [1.82, 2.24) is 15.1 Å². The zero-order chi connectivity index (χ0) is 15.8. The highest BCUT2D eigenvalue weighted by Gasteiger charge is 2.39. The summed E-state index contributed by atoms with van der Waals surface area (Å²) in [5.41, 5.74) is 0. The molecule has 1 aliphatic rings. The maximum absolute atomic E-state index is 12.0. The molecule has 0 aliphatic carbocycles. The minimum absolute atomic E-state index is 0.0594. The van der Waals surface area contributed by atoms with Crippen molar-refractivity contribution >= 4 is 15.9 Å². The predicted octanol–water partition coefficient (Wildman–Crippen LogP) is -0.782. The molecular formula is C9H11F3N4O4S. The average Bonchev–Trinajstić information content (AvgIpc) is 2.77. The number of halogens is 3. The smallest absolute Gasteiger partial charge is 0.471 e. The van der Waals surface area contributed by atoms with Crippen molar-refractivity contribution in [2.24, 2.45) is 11.1 Å². The summed E-state index contributed by atoms with van der Waals surface area (Å²) in [4.78, 5) is 10.4. The molecule has 0 radical (unpaired) electrons. The number of amides is 1. The Morgan fingerprint density at radius 3 is 2.81 bits per heavy atom. The maximum Gasteiger partial charge on any atom is 0.471 e. The van der Waals surface area contributed by atoms with Gasteiger partial charge in [0.1, 0.15) is 0 Å². The number of primary sulfonamides is 1. The monoisotopic (exact) mass is 328 g/mol. The zero-order valence-electron chi connectivity index (χ0n) is 10.4. The Morgan fingerprint density at radius 2 is 2.24 bits per heavy atom. The lowest BCUT2D eigenvalue weighted by atomic mass is 10.1. The van der Waals surface area contributed by atoms with Crippen LogP contribution >= 0.6 is 0 Å². The van der Waals surface area contributed by atoms with Crippen LogP contribution in [-0.4, -0.2) is 43.4 Å². The topological polar surface area (TPSA) is 116 Å². The molecule has 0 spiro atoms. The number of hydrogen-bond donors (Lipinski definition) is 2. The first kappa shape index (κ1) is 15.6. The summed E-state index contributed by atoms with van der Waals surface area (Å²) >= 11 is 0. The molecular weight excluding hydrogens is 317 g/mol. The third kappa shape index (κ3) is 3.44. The van der Waals surface area contributed by atoms with Crippen LogP contribution in [-0.2, 0) is 21.4 Å². The van der Waals surface area contributed by atoms with Crippen LogP contribution in [0.4, 0.5) is 13.2 Å². The first-order valence-corrected chi connectivity index (χ1v) is 7.20. The van der Waals surface area contributed by atoms with Crippen LogP contribution in [0.1, 0.15) is 0 Å². The minimum atomic E-state index is -4.95. The van der Waals surface area contributed by atoms with Gasteiger partial charge in [0, 0.05) is 12.5 Å². The Kier molecular flexibility index (Phi) is 3.84. The number of fused-ring (bicyclic) bond motifs is 1. The molecule has 1 aromatic rings. The van der Waals surface area contributed by atoms with E-state index in [2.05, 4.69) is 5.10 Å². The lowest BCUT2D eigenvalue weighted by Gasteiger charge is -2.24. The fourth-order valence-electron chi connectivity index (χ4n) is 1.78. The predicted molar refractivity (Wildman–Crippen MR) is 61.6 cm³/mol. The third-order valence-electron chi connectivity index (χ3n) is 2.76. The van der Waals surface area contributed by atoms with E-state index in [0.717, 1.165) is 6.20 Å². The number of rotatable bonds is 3. The van der Waals surface area contributed by atoms with Gasteiger partial charge in [-0.2, -0.15) is 18.3 Å². The quantitative estimate of drug-likeness (QED) is 0.755. The number of nitrogens with two attached hydrogens (primary N) is 1. The molecule has 12 heteroatoms. The van der Waals surface area contributed by atoms with Gasteiger partial charge in [-0.25, -0.2) is 18.2 Å². The number of hydrogen-bond acceptors (Lipinski definition) is 5. The highest BCUT2D eigenvalue weighted by atomic mass is 32.2. The molecule has 0 fully saturated rings. The molecule has 1 aliphatic heterocycles. The van der Waals surface area contributed by atoms with E-state index in [1.807, 2.05) is 0 Å².